The lowest BCUT2D eigenvalue weighted by molar-refractivity contribution is 0.156. The number of para-hydroxylation sites is 1. The van der Waals surface area contributed by atoms with E-state index < -0.39 is 0 Å². The quantitative estimate of drug-likeness (QED) is 0.905. The zero-order valence-corrected chi connectivity index (χ0v) is 14.7. The summed E-state index contributed by atoms with van der Waals surface area (Å²) in [6.45, 7) is 3.84. The van der Waals surface area contributed by atoms with Crippen molar-refractivity contribution >= 4 is 0 Å². The lowest BCUT2D eigenvalue weighted by Crippen LogP contribution is -2.49. The summed E-state index contributed by atoms with van der Waals surface area (Å²) in [5.41, 5.74) is 1.23. The molecule has 1 fully saturated rings. The summed E-state index contributed by atoms with van der Waals surface area (Å²) < 4.78 is 16.8. The molecule has 0 bridgehead atoms. The molecule has 0 amide bonds. The average Bonchev–Trinajstić information content (AvgIpc) is 3.15. The zero-order chi connectivity index (χ0) is 17.1. The summed E-state index contributed by atoms with van der Waals surface area (Å²) in [7, 11) is 1.69. The number of hydrogen-bond acceptors (Lipinski definition) is 5. The van der Waals surface area contributed by atoms with Crippen molar-refractivity contribution in [2.75, 3.05) is 26.8 Å². The Balaban J connectivity index is 1.28. The molecule has 0 radical (unpaired) electrons. The number of ether oxygens (including phenoxy) is 2. The average molecular weight is 342 g/mol. The third-order valence-electron chi connectivity index (χ3n) is 5.19. The second kappa shape index (κ2) is 7.50. The van der Waals surface area contributed by atoms with Gasteiger partial charge < -0.3 is 19.2 Å². The van der Waals surface area contributed by atoms with Crippen LogP contribution in [0.1, 0.15) is 24.2 Å². The van der Waals surface area contributed by atoms with Crippen LogP contribution >= 0.6 is 0 Å². The summed E-state index contributed by atoms with van der Waals surface area (Å²) in [5, 5.41) is 3.80. The van der Waals surface area contributed by atoms with E-state index in [2.05, 4.69) is 22.3 Å². The molecule has 5 nitrogen and oxygen atoms in total. The normalized spacial score (nSPS) is 21.6. The minimum Gasteiger partial charge on any atom is -0.493 e. The number of methoxy groups -OCH3 is 1. The molecule has 134 valence electrons. The first-order valence-corrected chi connectivity index (χ1v) is 9.11. The fourth-order valence-electron chi connectivity index (χ4n) is 3.88. The highest BCUT2D eigenvalue weighted by Gasteiger charge is 2.26. The van der Waals surface area contributed by atoms with Crippen LogP contribution in [-0.2, 0) is 13.0 Å². The highest BCUT2D eigenvalue weighted by Crippen LogP contribution is 2.34. The summed E-state index contributed by atoms with van der Waals surface area (Å²) >= 11 is 0. The predicted octanol–water partition coefficient (Wildman–Crippen LogP) is 2.85. The van der Waals surface area contributed by atoms with Gasteiger partial charge in [-0.05, 0) is 43.0 Å². The number of rotatable bonds is 5. The SMILES string of the molecule is COc1cccc2c1OCC(NC1CCN(Cc3ccco3)CC1)C2. The highest BCUT2D eigenvalue weighted by molar-refractivity contribution is 5.48. The molecule has 2 aliphatic heterocycles. The first kappa shape index (κ1) is 16.5. The maximum atomic E-state index is 5.98. The predicted molar refractivity (Wildman–Crippen MR) is 96.1 cm³/mol. The van der Waals surface area contributed by atoms with Crippen molar-refractivity contribution in [3.05, 3.63) is 47.9 Å². The lowest BCUT2D eigenvalue weighted by atomic mass is 9.98. The van der Waals surface area contributed by atoms with Gasteiger partial charge in [-0.15, -0.1) is 0 Å². The van der Waals surface area contributed by atoms with E-state index in [4.69, 9.17) is 13.9 Å². The molecule has 1 atom stereocenters. The molecule has 1 unspecified atom stereocenters. The minimum atomic E-state index is 0.376. The van der Waals surface area contributed by atoms with E-state index in [1.165, 1.54) is 18.4 Å². The number of hydrogen-bond donors (Lipinski definition) is 1. The monoisotopic (exact) mass is 342 g/mol. The van der Waals surface area contributed by atoms with Crippen LogP contribution in [-0.4, -0.2) is 43.8 Å². The van der Waals surface area contributed by atoms with Crippen LogP contribution in [0, 0.1) is 0 Å². The summed E-state index contributed by atoms with van der Waals surface area (Å²) in [5.74, 6) is 2.80. The molecule has 0 spiro atoms. The van der Waals surface area contributed by atoms with Crippen molar-refractivity contribution in [3.8, 4) is 11.5 Å². The summed E-state index contributed by atoms with van der Waals surface area (Å²) in [6.07, 6.45) is 5.09. The fraction of sp³-hybridized carbons (Fsp3) is 0.500. The number of nitrogens with zero attached hydrogens (tertiary/aromatic N) is 1. The third kappa shape index (κ3) is 3.83. The van der Waals surface area contributed by atoms with E-state index in [1.54, 1.807) is 13.4 Å². The fourth-order valence-corrected chi connectivity index (χ4v) is 3.88. The Hall–Kier alpha value is -1.98. The van der Waals surface area contributed by atoms with Crippen molar-refractivity contribution in [1.82, 2.24) is 10.2 Å². The van der Waals surface area contributed by atoms with Gasteiger partial charge in [0.05, 0.1) is 19.9 Å². The molecule has 1 saturated heterocycles. The molecule has 2 aromatic rings. The highest BCUT2D eigenvalue weighted by atomic mass is 16.5. The van der Waals surface area contributed by atoms with Gasteiger partial charge in [0, 0.05) is 25.2 Å². The van der Waals surface area contributed by atoms with E-state index in [0.29, 0.717) is 18.7 Å². The van der Waals surface area contributed by atoms with Crippen LogP contribution < -0.4 is 14.8 Å². The Morgan fingerprint density at radius 2 is 2.04 bits per heavy atom. The van der Waals surface area contributed by atoms with Gasteiger partial charge in [0.15, 0.2) is 11.5 Å². The molecular weight excluding hydrogens is 316 g/mol. The van der Waals surface area contributed by atoms with Crippen LogP contribution in [0.25, 0.3) is 0 Å². The molecule has 25 heavy (non-hydrogen) atoms. The van der Waals surface area contributed by atoms with Crippen LogP contribution in [0.4, 0.5) is 0 Å². The van der Waals surface area contributed by atoms with Gasteiger partial charge in [0.2, 0.25) is 0 Å². The van der Waals surface area contributed by atoms with Crippen molar-refractivity contribution in [2.24, 2.45) is 0 Å². The lowest BCUT2D eigenvalue weighted by Gasteiger charge is -2.35. The van der Waals surface area contributed by atoms with Gasteiger partial charge in [-0.1, -0.05) is 12.1 Å². The molecular formula is C20H26N2O3. The van der Waals surface area contributed by atoms with Crippen molar-refractivity contribution in [3.63, 3.8) is 0 Å². The van der Waals surface area contributed by atoms with Crippen molar-refractivity contribution in [1.29, 1.82) is 0 Å². The number of benzene rings is 1. The topological polar surface area (TPSA) is 46.9 Å². The second-order valence-electron chi connectivity index (χ2n) is 6.96. The van der Waals surface area contributed by atoms with Gasteiger partial charge in [-0.2, -0.15) is 0 Å². The van der Waals surface area contributed by atoms with E-state index in [0.717, 1.165) is 43.3 Å². The molecule has 1 N–H and O–H groups in total. The number of fused-ring (bicyclic) bond motifs is 1. The van der Waals surface area contributed by atoms with Gasteiger partial charge in [-0.25, -0.2) is 0 Å². The second-order valence-corrected chi connectivity index (χ2v) is 6.96. The van der Waals surface area contributed by atoms with Gasteiger partial charge >= 0.3 is 0 Å². The molecule has 2 aliphatic rings. The largest absolute Gasteiger partial charge is 0.493 e. The Kier molecular flexibility index (Phi) is 4.95. The molecule has 5 heteroatoms. The van der Waals surface area contributed by atoms with Gasteiger partial charge in [0.25, 0.3) is 0 Å². The van der Waals surface area contributed by atoms with Crippen LogP contribution in [0.15, 0.2) is 41.0 Å². The van der Waals surface area contributed by atoms with E-state index >= 15 is 0 Å². The molecule has 0 saturated carbocycles. The standard InChI is InChI=1S/C20H26N2O3/c1-23-19-6-2-4-15-12-17(14-25-20(15)19)21-16-7-9-22(10-8-16)13-18-5-3-11-24-18/h2-6,11,16-17,21H,7-10,12-14H2,1H3. The van der Waals surface area contributed by atoms with Crippen molar-refractivity contribution in [2.45, 2.75) is 37.9 Å². The third-order valence-corrected chi connectivity index (χ3v) is 5.19. The Morgan fingerprint density at radius 1 is 1.16 bits per heavy atom. The first-order chi connectivity index (χ1) is 12.3. The van der Waals surface area contributed by atoms with E-state index in [1.807, 2.05) is 18.2 Å². The Bertz CT molecular complexity index is 678. The smallest absolute Gasteiger partial charge is 0.164 e. The number of piperidine rings is 1. The number of nitrogens with one attached hydrogen (secondary N) is 1. The van der Waals surface area contributed by atoms with Gasteiger partial charge in [0.1, 0.15) is 12.4 Å². The van der Waals surface area contributed by atoms with Gasteiger partial charge in [-0.3, -0.25) is 4.90 Å². The minimum absolute atomic E-state index is 0.376. The van der Waals surface area contributed by atoms with Crippen LogP contribution in [0.3, 0.4) is 0 Å². The Labute approximate surface area is 148 Å². The number of furan rings is 1. The molecule has 1 aromatic carbocycles. The number of likely N-dealkylation sites (tertiary alicyclic amines) is 1. The molecule has 0 aliphatic carbocycles. The van der Waals surface area contributed by atoms with E-state index in [-0.39, 0.29) is 0 Å². The summed E-state index contributed by atoms with van der Waals surface area (Å²) in [4.78, 5) is 2.47. The molecule has 4 rings (SSSR count). The maximum absolute atomic E-state index is 5.98. The first-order valence-electron chi connectivity index (χ1n) is 9.11. The maximum Gasteiger partial charge on any atom is 0.164 e. The summed E-state index contributed by atoms with van der Waals surface area (Å²) in [6, 6.07) is 11.1. The van der Waals surface area contributed by atoms with Crippen LogP contribution in [0.5, 0.6) is 11.5 Å². The van der Waals surface area contributed by atoms with Crippen molar-refractivity contribution < 1.29 is 13.9 Å². The van der Waals surface area contributed by atoms with Crippen LogP contribution in [0.2, 0.25) is 0 Å². The molecule has 1 aromatic heterocycles. The Morgan fingerprint density at radius 3 is 2.80 bits per heavy atom. The zero-order valence-electron chi connectivity index (χ0n) is 14.7. The van der Waals surface area contributed by atoms with E-state index in [9.17, 15) is 0 Å². The molecule has 3 heterocycles.